The number of fused-ring (bicyclic) bond motifs is 2. The van der Waals surface area contributed by atoms with Gasteiger partial charge in [-0.2, -0.15) is 0 Å². The predicted molar refractivity (Wildman–Crippen MR) is 72.5 cm³/mol. The Morgan fingerprint density at radius 2 is 0.944 bits per heavy atom. The highest BCUT2D eigenvalue weighted by Gasteiger charge is 2.46. The van der Waals surface area contributed by atoms with Gasteiger partial charge in [0.1, 0.15) is 0 Å². The first-order valence-electron chi connectivity index (χ1n) is 8.03. The van der Waals surface area contributed by atoms with Gasteiger partial charge >= 0.3 is 0 Å². The van der Waals surface area contributed by atoms with Crippen LogP contribution in [0.1, 0.15) is 52.4 Å². The van der Waals surface area contributed by atoms with Crippen LogP contribution in [0.4, 0.5) is 0 Å². The molecule has 3 rings (SSSR count). The lowest BCUT2D eigenvalue weighted by molar-refractivity contribution is 0.0597. The van der Waals surface area contributed by atoms with Crippen molar-refractivity contribution in [1.82, 2.24) is 0 Å². The fraction of sp³-hybridized carbons (Fsp3) is 1.00. The summed E-state index contributed by atoms with van der Waals surface area (Å²) in [5.41, 5.74) is 0. The summed E-state index contributed by atoms with van der Waals surface area (Å²) in [5.74, 6) is 3.85. The minimum Gasteiger partial charge on any atom is -0.378 e. The molecule has 0 bridgehead atoms. The van der Waals surface area contributed by atoms with Crippen LogP contribution in [0.25, 0.3) is 0 Å². The normalized spacial score (nSPS) is 47.0. The van der Waals surface area contributed by atoms with Gasteiger partial charge in [-0.05, 0) is 76.0 Å². The smallest absolute Gasteiger partial charge is 0.0580 e. The molecule has 4 unspecified atom stereocenters. The number of rotatable bonds is 4. The monoisotopic (exact) mass is 252 g/mol. The van der Waals surface area contributed by atoms with Crippen LogP contribution >= 0.6 is 0 Å². The lowest BCUT2D eigenvalue weighted by Gasteiger charge is -2.34. The first-order valence-corrected chi connectivity index (χ1v) is 8.03. The van der Waals surface area contributed by atoms with Gasteiger partial charge in [0.15, 0.2) is 0 Å². The lowest BCUT2D eigenvalue weighted by atomic mass is 9.71. The van der Waals surface area contributed by atoms with Crippen LogP contribution in [0.2, 0.25) is 0 Å². The van der Waals surface area contributed by atoms with Crippen molar-refractivity contribution in [3.63, 3.8) is 0 Å². The van der Waals surface area contributed by atoms with Gasteiger partial charge in [0.2, 0.25) is 0 Å². The molecule has 18 heavy (non-hydrogen) atoms. The summed E-state index contributed by atoms with van der Waals surface area (Å²) in [4.78, 5) is 0. The molecule has 3 aliphatic carbocycles. The third-order valence-electron chi connectivity index (χ3n) is 5.61. The Bertz CT molecular complexity index is 230. The van der Waals surface area contributed by atoms with E-state index in [1.807, 2.05) is 0 Å². The highest BCUT2D eigenvalue weighted by Crippen LogP contribution is 2.53. The molecule has 0 amide bonds. The van der Waals surface area contributed by atoms with E-state index in [-0.39, 0.29) is 0 Å². The molecule has 2 nitrogen and oxygen atoms in total. The Morgan fingerprint density at radius 1 is 0.611 bits per heavy atom. The maximum Gasteiger partial charge on any atom is 0.0580 e. The second-order valence-electron chi connectivity index (χ2n) is 6.61. The van der Waals surface area contributed by atoms with E-state index >= 15 is 0 Å². The first kappa shape index (κ1) is 12.9. The van der Waals surface area contributed by atoms with Crippen LogP contribution in [0.3, 0.4) is 0 Å². The topological polar surface area (TPSA) is 18.5 Å². The van der Waals surface area contributed by atoms with Crippen LogP contribution in [0.5, 0.6) is 0 Å². The zero-order valence-corrected chi connectivity index (χ0v) is 11.9. The zero-order chi connectivity index (χ0) is 12.5. The summed E-state index contributed by atoms with van der Waals surface area (Å²) in [6.07, 6.45) is 9.41. The Kier molecular flexibility index (Phi) is 3.95. The molecule has 4 atom stereocenters. The van der Waals surface area contributed by atoms with Crippen LogP contribution in [-0.4, -0.2) is 25.4 Å². The molecular weight excluding hydrogens is 224 g/mol. The summed E-state index contributed by atoms with van der Waals surface area (Å²) in [5, 5.41) is 0. The maximum atomic E-state index is 5.85. The van der Waals surface area contributed by atoms with Gasteiger partial charge in [0.25, 0.3) is 0 Å². The molecule has 0 radical (unpaired) electrons. The highest BCUT2D eigenvalue weighted by atomic mass is 16.5. The van der Waals surface area contributed by atoms with E-state index in [1.165, 1.54) is 38.5 Å². The SMILES string of the molecule is CCOC1CC2CC3CC(OCC)CC3CC2C1. The standard InChI is InChI=1S/C16H28O2/c1-3-17-15-7-11-5-13-9-16(18-4-2)10-14(13)6-12(11)8-15/h11-16H,3-10H2,1-2H3. The maximum absolute atomic E-state index is 5.85. The fourth-order valence-corrected chi connectivity index (χ4v) is 4.99. The van der Waals surface area contributed by atoms with Crippen LogP contribution in [0, 0.1) is 23.7 Å². The Labute approximate surface area is 111 Å². The molecule has 0 aromatic carbocycles. The average molecular weight is 252 g/mol. The molecule has 0 spiro atoms. The summed E-state index contributed by atoms with van der Waals surface area (Å²) < 4.78 is 11.7. The van der Waals surface area contributed by atoms with Crippen molar-refractivity contribution in [3.05, 3.63) is 0 Å². The number of hydrogen-bond acceptors (Lipinski definition) is 2. The lowest BCUT2D eigenvalue weighted by Crippen LogP contribution is -2.25. The largest absolute Gasteiger partial charge is 0.378 e. The quantitative estimate of drug-likeness (QED) is 0.760. The Morgan fingerprint density at radius 3 is 1.22 bits per heavy atom. The molecule has 0 aromatic rings. The Hall–Kier alpha value is -0.0800. The second kappa shape index (κ2) is 5.50. The van der Waals surface area contributed by atoms with E-state index in [0.717, 1.165) is 36.9 Å². The van der Waals surface area contributed by atoms with Crippen molar-refractivity contribution < 1.29 is 9.47 Å². The van der Waals surface area contributed by atoms with Crippen molar-refractivity contribution in [1.29, 1.82) is 0 Å². The predicted octanol–water partition coefficient (Wildman–Crippen LogP) is 3.64. The van der Waals surface area contributed by atoms with Crippen LogP contribution < -0.4 is 0 Å². The minimum absolute atomic E-state index is 0.575. The van der Waals surface area contributed by atoms with E-state index < -0.39 is 0 Å². The third-order valence-corrected chi connectivity index (χ3v) is 5.61. The van der Waals surface area contributed by atoms with Gasteiger partial charge in [-0.15, -0.1) is 0 Å². The van der Waals surface area contributed by atoms with Crippen molar-refractivity contribution in [2.24, 2.45) is 23.7 Å². The van der Waals surface area contributed by atoms with Gasteiger partial charge < -0.3 is 9.47 Å². The molecule has 3 fully saturated rings. The molecule has 0 aromatic heterocycles. The van der Waals surface area contributed by atoms with Crippen molar-refractivity contribution >= 4 is 0 Å². The minimum atomic E-state index is 0.575. The summed E-state index contributed by atoms with van der Waals surface area (Å²) in [6.45, 7) is 6.04. The third kappa shape index (κ3) is 2.46. The Balaban J connectivity index is 1.56. The molecule has 0 saturated heterocycles. The molecular formula is C16H28O2. The molecule has 0 N–H and O–H groups in total. The molecule has 3 aliphatic rings. The van der Waals surface area contributed by atoms with Gasteiger partial charge in [-0.1, -0.05) is 0 Å². The van der Waals surface area contributed by atoms with Gasteiger partial charge in [0, 0.05) is 13.2 Å². The average Bonchev–Trinajstić information content (AvgIpc) is 2.88. The zero-order valence-electron chi connectivity index (χ0n) is 11.9. The van der Waals surface area contributed by atoms with E-state index in [9.17, 15) is 0 Å². The fourth-order valence-electron chi connectivity index (χ4n) is 4.99. The van der Waals surface area contributed by atoms with E-state index in [4.69, 9.17) is 9.47 Å². The van der Waals surface area contributed by atoms with Gasteiger partial charge in [-0.3, -0.25) is 0 Å². The second-order valence-corrected chi connectivity index (χ2v) is 6.61. The molecule has 0 heterocycles. The van der Waals surface area contributed by atoms with E-state index in [2.05, 4.69) is 13.8 Å². The van der Waals surface area contributed by atoms with E-state index in [1.54, 1.807) is 0 Å². The number of ether oxygens (including phenoxy) is 2. The van der Waals surface area contributed by atoms with Crippen molar-refractivity contribution in [3.8, 4) is 0 Å². The number of hydrogen-bond donors (Lipinski definition) is 0. The van der Waals surface area contributed by atoms with Crippen LogP contribution in [0.15, 0.2) is 0 Å². The van der Waals surface area contributed by atoms with Crippen molar-refractivity contribution in [2.45, 2.75) is 64.6 Å². The van der Waals surface area contributed by atoms with Crippen LogP contribution in [-0.2, 0) is 9.47 Å². The summed E-state index contributed by atoms with van der Waals surface area (Å²) in [6, 6.07) is 0. The molecule has 2 heteroatoms. The van der Waals surface area contributed by atoms with Gasteiger partial charge in [0.05, 0.1) is 12.2 Å². The summed E-state index contributed by atoms with van der Waals surface area (Å²) >= 11 is 0. The highest BCUT2D eigenvalue weighted by molar-refractivity contribution is 4.97. The van der Waals surface area contributed by atoms with Crippen molar-refractivity contribution in [2.75, 3.05) is 13.2 Å². The molecule has 0 aliphatic heterocycles. The van der Waals surface area contributed by atoms with E-state index in [0.29, 0.717) is 12.2 Å². The summed E-state index contributed by atoms with van der Waals surface area (Å²) in [7, 11) is 0. The first-order chi connectivity index (χ1) is 8.80. The van der Waals surface area contributed by atoms with Gasteiger partial charge in [-0.25, -0.2) is 0 Å². The molecule has 104 valence electrons. The molecule has 3 saturated carbocycles.